The van der Waals surface area contributed by atoms with Gasteiger partial charge in [0.15, 0.2) is 5.78 Å². The van der Waals surface area contributed by atoms with E-state index in [1.165, 1.54) is 45.2 Å². The summed E-state index contributed by atoms with van der Waals surface area (Å²) in [5, 5.41) is 23.0. The summed E-state index contributed by atoms with van der Waals surface area (Å²) in [6, 6.07) is 5.41. The second-order valence-electron chi connectivity index (χ2n) is 21.7. The number of methoxy groups -OCH3 is 2. The van der Waals surface area contributed by atoms with E-state index < -0.39 is 101 Å². The lowest BCUT2D eigenvalue weighted by Crippen LogP contribution is -2.53. The molecule has 24 heteroatoms. The normalized spacial score (nSPS) is 24.6. The van der Waals surface area contributed by atoms with Crippen LogP contribution in [0.25, 0.3) is 0 Å². The van der Waals surface area contributed by atoms with E-state index in [2.05, 4.69) is 21.3 Å². The van der Waals surface area contributed by atoms with Gasteiger partial charge in [0.05, 0.1) is 74.9 Å². The highest BCUT2D eigenvalue weighted by Gasteiger charge is 2.64. The third-order valence-electron chi connectivity index (χ3n) is 14.9. The van der Waals surface area contributed by atoms with E-state index in [9.17, 15) is 38.7 Å². The Morgan fingerprint density at radius 1 is 1.04 bits per heavy atom. The van der Waals surface area contributed by atoms with Gasteiger partial charge >= 0.3 is 18.1 Å². The van der Waals surface area contributed by atoms with Crippen LogP contribution >= 0.6 is 23.8 Å². The summed E-state index contributed by atoms with van der Waals surface area (Å²) in [6.45, 7) is 12.3. The molecule has 2 aromatic rings. The van der Waals surface area contributed by atoms with Gasteiger partial charge in [-0.15, -0.1) is 0 Å². The van der Waals surface area contributed by atoms with Gasteiger partial charge in [0.2, 0.25) is 11.8 Å². The van der Waals surface area contributed by atoms with Crippen LogP contribution in [0.2, 0.25) is 5.02 Å². The highest BCUT2D eigenvalue weighted by molar-refractivity contribution is 7.80. The van der Waals surface area contributed by atoms with Crippen LogP contribution in [0, 0.1) is 23.6 Å². The van der Waals surface area contributed by atoms with Crippen molar-refractivity contribution in [2.24, 2.45) is 23.5 Å². The summed E-state index contributed by atoms with van der Waals surface area (Å²) in [6.07, 6.45) is 0.296. The number of benzene rings is 2. The largest absolute Gasteiger partial charge is 0.495 e. The van der Waals surface area contributed by atoms with Crippen molar-refractivity contribution < 1.29 is 76.2 Å². The zero-order chi connectivity index (χ0) is 60.5. The average molecular weight is 1190 g/mol. The summed E-state index contributed by atoms with van der Waals surface area (Å²) in [5.41, 5.74) is 4.04. The molecule has 0 aliphatic carbocycles. The Labute approximate surface area is 489 Å². The number of rotatable bonds is 25. The van der Waals surface area contributed by atoms with Gasteiger partial charge in [0.25, 0.3) is 0 Å². The topological polar surface area (TPSA) is 285 Å². The lowest BCUT2D eigenvalue weighted by atomic mass is 9.78. The molecule has 7 N–H and O–H groups in total. The molecule has 3 heterocycles. The van der Waals surface area contributed by atoms with E-state index in [4.69, 9.17) is 62.7 Å². The Hall–Kier alpha value is -6.08. The number of amides is 5. The fraction of sp³-hybridized carbons (Fsp3) is 0.586. The van der Waals surface area contributed by atoms with Crippen LogP contribution in [-0.4, -0.2) is 154 Å². The minimum Gasteiger partial charge on any atom is -0.495 e. The number of aliphatic hydroxyl groups is 1. The molecule has 0 spiro atoms. The first-order valence-corrected chi connectivity index (χ1v) is 28.2. The molecule has 0 aromatic heterocycles. The zero-order valence-electron chi connectivity index (χ0n) is 48.2. The SMILES string of the molecule is COc1cc2cc(c1Cl)N(C)C(=O)C[C@H](OC(=O)Nc1ccc(CC(=O)[C@H](CCCNC(N)=O)NC(=O)[C@@H](CC(=S)NCCOCCOCCC(C)=O)C(C)C)cc1F)[C@]1(C)O[C@H]1[C@H](C)[C@@H]1C[C@@](O)(CC(=O)O1)[C@H](OC)/C=C/C=C(\C)C2. The minimum atomic E-state index is -1.67. The van der Waals surface area contributed by atoms with Crippen LogP contribution < -0.4 is 36.6 Å². The highest BCUT2D eigenvalue weighted by Crippen LogP contribution is 2.50. The van der Waals surface area contributed by atoms with Crippen molar-refractivity contribution in [2.45, 2.75) is 141 Å². The molecule has 0 unspecified atom stereocenters. The van der Waals surface area contributed by atoms with Crippen LogP contribution in [-0.2, 0) is 65.2 Å². The number of hydrogen-bond donors (Lipinski definition) is 6. The highest BCUT2D eigenvalue weighted by atomic mass is 35.5. The number of nitrogens with zero attached hydrogens (tertiary/aromatic N) is 1. The number of thiocarbonyl (C=S) groups is 1. The Kier molecular flexibility index (Phi) is 25.2. The number of hydrogen-bond acceptors (Lipinski definition) is 16. The maximum atomic E-state index is 16.1. The Bertz CT molecular complexity index is 2700. The summed E-state index contributed by atoms with van der Waals surface area (Å²) < 4.78 is 56.4. The molecule has 9 atom stereocenters. The monoisotopic (exact) mass is 1190 g/mol. The van der Waals surface area contributed by atoms with Gasteiger partial charge < -0.3 is 64.8 Å². The number of esters is 1. The van der Waals surface area contributed by atoms with E-state index in [-0.39, 0.29) is 73.0 Å². The van der Waals surface area contributed by atoms with Crippen LogP contribution in [0.1, 0.15) is 97.6 Å². The molecule has 21 nitrogen and oxygen atoms in total. The summed E-state index contributed by atoms with van der Waals surface area (Å²) in [5.74, 6) is -4.13. The third-order valence-corrected chi connectivity index (χ3v) is 15.6. The smallest absolute Gasteiger partial charge is 0.412 e. The fourth-order valence-corrected chi connectivity index (χ4v) is 10.6. The molecule has 452 valence electrons. The number of primary amides is 1. The minimum absolute atomic E-state index is 0.0302. The fourth-order valence-electron chi connectivity index (χ4n) is 10.0. The predicted molar refractivity (Wildman–Crippen MR) is 308 cm³/mol. The third kappa shape index (κ3) is 19.2. The van der Waals surface area contributed by atoms with Gasteiger partial charge in [-0.2, -0.15) is 0 Å². The van der Waals surface area contributed by atoms with E-state index >= 15 is 4.39 Å². The molecule has 2 saturated heterocycles. The number of fused-ring (bicyclic) bond motifs is 5. The number of allylic oxidation sites excluding steroid dienone is 3. The van der Waals surface area contributed by atoms with Crippen LogP contribution in [0.3, 0.4) is 0 Å². The number of halogens is 2. The molecule has 4 bridgehead atoms. The zero-order valence-corrected chi connectivity index (χ0v) is 49.8. The number of urea groups is 1. The Morgan fingerprint density at radius 3 is 2.41 bits per heavy atom. The number of ether oxygens (including phenoxy) is 7. The van der Waals surface area contributed by atoms with Crippen LogP contribution in [0.5, 0.6) is 5.75 Å². The first-order chi connectivity index (χ1) is 38.8. The van der Waals surface area contributed by atoms with E-state index in [0.717, 1.165) is 17.2 Å². The molecule has 82 heavy (non-hydrogen) atoms. The van der Waals surface area contributed by atoms with Crippen molar-refractivity contribution >= 4 is 81.7 Å². The average Bonchev–Trinajstić information content (AvgIpc) is 2.05. The molecule has 5 rings (SSSR count). The van der Waals surface area contributed by atoms with Crippen LogP contribution in [0.15, 0.2) is 54.1 Å². The van der Waals surface area contributed by atoms with E-state index in [1.54, 1.807) is 38.1 Å². The Balaban J connectivity index is 1.31. The maximum absolute atomic E-state index is 16.1. The van der Waals surface area contributed by atoms with Crippen LogP contribution in [0.4, 0.5) is 25.4 Å². The predicted octanol–water partition coefficient (Wildman–Crippen LogP) is 6.40. The van der Waals surface area contributed by atoms with Crippen molar-refractivity contribution in [1.29, 1.82) is 0 Å². The molecule has 2 aromatic carbocycles. The molecule has 5 amide bonds. The second-order valence-corrected chi connectivity index (χ2v) is 22.5. The van der Waals surface area contributed by atoms with Crippen molar-refractivity contribution in [3.05, 3.63) is 76.1 Å². The summed E-state index contributed by atoms with van der Waals surface area (Å²) in [7, 11) is 4.40. The van der Waals surface area contributed by atoms with Gasteiger partial charge in [-0.05, 0) is 81.3 Å². The van der Waals surface area contributed by atoms with Gasteiger partial charge in [0.1, 0.15) is 51.9 Å². The summed E-state index contributed by atoms with van der Waals surface area (Å²) >= 11 is 12.4. The standard InChI is InChI=1S/C58H80ClFN6O15S/c1-33(2)39(29-49(82)62-19-21-78-23-22-77-20-17-35(4)67)54(71)64-42(13-11-18-63-55(61)72)44(68)27-37-15-16-41(40(60)25-37)65-56(73)80-48-30-50(69)66(7)43-26-38(28-45(75-8)52(43)59)24-34(3)12-10-14-47(76-9)58(74)31-46(79-51(70)32-58)36(5)53-57(48,6)81-53/h10,12,14-16,25-26,28,33,36,39,42,46-48,53,74H,11,13,17-24,27,29-32H2,1-9H3,(H,62,82)(H,64,71)(H,65,73)(H3,61,63,72)/b14-10+,34-12+/t36-,39+,42+,46+,47-,48+,53+,57+,58-/m1/s1. The number of carbonyl (C=O) groups is 7. The molecule has 3 aliphatic heterocycles. The Morgan fingerprint density at radius 2 is 1.76 bits per heavy atom. The number of nitrogens with two attached hydrogens (primary N) is 1. The number of nitrogens with one attached hydrogen (secondary N) is 4. The first kappa shape index (κ1) is 66.7. The quantitative estimate of drug-likeness (QED) is 0.0271. The maximum Gasteiger partial charge on any atom is 0.412 e. The molecular weight excluding hydrogens is 1110 g/mol. The van der Waals surface area contributed by atoms with Gasteiger partial charge in [-0.1, -0.05) is 74.5 Å². The number of anilines is 2. The summed E-state index contributed by atoms with van der Waals surface area (Å²) in [4.78, 5) is 93.6. The van der Waals surface area contributed by atoms with Gasteiger partial charge in [-0.25, -0.2) is 14.0 Å². The first-order valence-electron chi connectivity index (χ1n) is 27.4. The lowest BCUT2D eigenvalue weighted by Gasteiger charge is -2.41. The molecule has 3 aliphatic rings. The van der Waals surface area contributed by atoms with Crippen molar-refractivity contribution in [1.82, 2.24) is 16.0 Å². The molecule has 0 saturated carbocycles. The molecular formula is C58H80ClFN6O15S. The number of epoxide rings is 1. The lowest BCUT2D eigenvalue weighted by molar-refractivity contribution is -0.187. The molecule has 0 radical (unpaired) electrons. The van der Waals surface area contributed by atoms with Gasteiger partial charge in [0, 0.05) is 64.8 Å². The van der Waals surface area contributed by atoms with Gasteiger partial charge in [-0.3, -0.25) is 29.3 Å². The number of carbonyl (C=O) groups excluding carboxylic acids is 7. The van der Waals surface area contributed by atoms with Crippen molar-refractivity contribution in [3.8, 4) is 5.75 Å². The van der Waals surface area contributed by atoms with Crippen molar-refractivity contribution in [2.75, 3.05) is 71.0 Å². The van der Waals surface area contributed by atoms with Crippen molar-refractivity contribution in [3.63, 3.8) is 0 Å². The second kappa shape index (κ2) is 31.0. The number of ketones is 2. The van der Waals surface area contributed by atoms with E-state index in [0.29, 0.717) is 62.2 Å². The number of Topliss-reactive ketones (excluding diaryl/α,β-unsaturated/α-hetero) is 2. The van der Waals surface area contributed by atoms with E-state index in [1.807, 2.05) is 26.8 Å². The molecule has 2 fully saturated rings.